The number of fused-ring (bicyclic) bond motifs is 5. The van der Waals surface area contributed by atoms with Gasteiger partial charge in [0.1, 0.15) is 17.3 Å². The molecule has 7 unspecified atom stereocenters. The van der Waals surface area contributed by atoms with Gasteiger partial charge in [0.25, 0.3) is 0 Å². The standard InChI is InChI=1S/C21H30O3S/c1-20-8-7-13(22)9-12(20)3-4-14-15-5-6-16(18(24)11-25)21(15,2)10-17(23)19(14)20/h12,14-16,19,25H,3-11H2,1-2H3. The number of hydrogen-bond acceptors (Lipinski definition) is 4. The third kappa shape index (κ3) is 2.42. The number of Topliss-reactive ketones (excluding diaryl/α,β-unsaturated/α-hetero) is 3. The average Bonchev–Trinajstić information content (AvgIpc) is 2.91. The van der Waals surface area contributed by atoms with Gasteiger partial charge in [0.05, 0.1) is 0 Å². The quantitative estimate of drug-likeness (QED) is 0.758. The van der Waals surface area contributed by atoms with Crippen molar-refractivity contribution in [1.29, 1.82) is 0 Å². The smallest absolute Gasteiger partial charge is 0.146 e. The first-order valence-electron chi connectivity index (χ1n) is 9.99. The van der Waals surface area contributed by atoms with Gasteiger partial charge >= 0.3 is 0 Å². The maximum atomic E-state index is 13.4. The third-order valence-electron chi connectivity index (χ3n) is 8.71. The van der Waals surface area contributed by atoms with E-state index < -0.39 is 0 Å². The summed E-state index contributed by atoms with van der Waals surface area (Å²) in [5.74, 6) is 2.69. The first-order valence-corrected chi connectivity index (χ1v) is 10.6. The van der Waals surface area contributed by atoms with Crippen molar-refractivity contribution in [3.8, 4) is 0 Å². The number of carbonyl (C=O) groups excluding carboxylic acids is 3. The zero-order valence-electron chi connectivity index (χ0n) is 15.4. The molecule has 0 radical (unpaired) electrons. The molecule has 4 saturated carbocycles. The Balaban J connectivity index is 1.67. The monoisotopic (exact) mass is 362 g/mol. The summed E-state index contributed by atoms with van der Waals surface area (Å²) in [5.41, 5.74) is -0.160. The van der Waals surface area contributed by atoms with Crippen molar-refractivity contribution in [2.24, 2.45) is 40.4 Å². The minimum absolute atomic E-state index is 0.000875. The van der Waals surface area contributed by atoms with Crippen molar-refractivity contribution in [2.75, 3.05) is 5.75 Å². The van der Waals surface area contributed by atoms with Crippen molar-refractivity contribution < 1.29 is 14.4 Å². The van der Waals surface area contributed by atoms with E-state index in [2.05, 4.69) is 26.5 Å². The van der Waals surface area contributed by atoms with E-state index in [1.807, 2.05) is 0 Å². The molecular weight excluding hydrogens is 332 g/mol. The second kappa shape index (κ2) is 5.94. The van der Waals surface area contributed by atoms with Gasteiger partial charge in [0, 0.05) is 36.9 Å². The lowest BCUT2D eigenvalue weighted by molar-refractivity contribution is -0.161. The van der Waals surface area contributed by atoms with Crippen LogP contribution < -0.4 is 0 Å². The predicted molar refractivity (Wildman–Crippen MR) is 99.5 cm³/mol. The van der Waals surface area contributed by atoms with E-state index in [9.17, 15) is 14.4 Å². The van der Waals surface area contributed by atoms with E-state index >= 15 is 0 Å². The lowest BCUT2D eigenvalue weighted by Gasteiger charge is -2.59. The van der Waals surface area contributed by atoms with E-state index in [0.717, 1.165) is 32.1 Å². The minimum atomic E-state index is -0.161. The number of carbonyl (C=O) groups is 3. The van der Waals surface area contributed by atoms with Crippen molar-refractivity contribution >= 4 is 30.0 Å². The van der Waals surface area contributed by atoms with E-state index in [4.69, 9.17) is 0 Å². The molecule has 0 bridgehead atoms. The van der Waals surface area contributed by atoms with Gasteiger partial charge in [0.15, 0.2) is 0 Å². The maximum absolute atomic E-state index is 13.4. The molecule has 0 N–H and O–H groups in total. The van der Waals surface area contributed by atoms with Crippen LogP contribution in [0.3, 0.4) is 0 Å². The summed E-state index contributed by atoms with van der Waals surface area (Å²) in [6.07, 6.45) is 6.90. The molecule has 0 heterocycles. The van der Waals surface area contributed by atoms with Crippen LogP contribution in [-0.4, -0.2) is 23.1 Å². The van der Waals surface area contributed by atoms with Crippen LogP contribution in [0.5, 0.6) is 0 Å². The van der Waals surface area contributed by atoms with E-state index in [1.54, 1.807) is 0 Å². The van der Waals surface area contributed by atoms with E-state index in [-0.39, 0.29) is 34.2 Å². The summed E-state index contributed by atoms with van der Waals surface area (Å²) in [7, 11) is 0. The highest BCUT2D eigenvalue weighted by atomic mass is 32.1. The zero-order valence-corrected chi connectivity index (χ0v) is 16.3. The highest BCUT2D eigenvalue weighted by Gasteiger charge is 2.63. The molecule has 4 aliphatic rings. The Hall–Kier alpha value is -0.640. The molecule has 7 atom stereocenters. The van der Waals surface area contributed by atoms with Crippen LogP contribution in [-0.2, 0) is 14.4 Å². The van der Waals surface area contributed by atoms with Gasteiger partial charge in [-0.05, 0) is 60.7 Å². The molecule has 0 aromatic rings. The summed E-state index contributed by atoms with van der Waals surface area (Å²) in [4.78, 5) is 37.8. The van der Waals surface area contributed by atoms with Gasteiger partial charge in [-0.2, -0.15) is 12.6 Å². The largest absolute Gasteiger partial charge is 0.300 e. The number of hydrogen-bond donors (Lipinski definition) is 1. The fraction of sp³-hybridized carbons (Fsp3) is 0.857. The molecule has 0 aromatic carbocycles. The molecule has 0 aromatic heterocycles. The summed E-state index contributed by atoms with van der Waals surface area (Å²) in [6, 6.07) is 0. The highest BCUT2D eigenvalue weighted by Crippen LogP contribution is 2.66. The lowest BCUT2D eigenvalue weighted by atomic mass is 9.44. The van der Waals surface area contributed by atoms with Crippen LogP contribution in [0.1, 0.15) is 65.2 Å². The second-order valence-corrected chi connectivity index (χ2v) is 9.99. The van der Waals surface area contributed by atoms with Gasteiger partial charge in [0.2, 0.25) is 0 Å². The SMILES string of the molecule is CC12CC(=O)C3C(CCC4CC(=O)CCC43C)C1CCC2C(=O)CS. The van der Waals surface area contributed by atoms with Gasteiger partial charge < -0.3 is 0 Å². The summed E-state index contributed by atoms with van der Waals surface area (Å²) in [6.45, 7) is 4.48. The molecule has 4 aliphatic carbocycles. The Bertz CT molecular complexity index is 629. The zero-order chi connectivity index (χ0) is 18.0. The molecule has 4 heteroatoms. The Morgan fingerprint density at radius 1 is 1.12 bits per heavy atom. The molecule has 0 saturated heterocycles. The Morgan fingerprint density at radius 2 is 1.88 bits per heavy atom. The van der Waals surface area contributed by atoms with Crippen LogP contribution in [0.2, 0.25) is 0 Å². The van der Waals surface area contributed by atoms with Crippen molar-refractivity contribution in [3.05, 3.63) is 0 Å². The van der Waals surface area contributed by atoms with Crippen LogP contribution in [0.4, 0.5) is 0 Å². The predicted octanol–water partition coefficient (Wildman–Crippen LogP) is 3.89. The first-order chi connectivity index (χ1) is 11.8. The van der Waals surface area contributed by atoms with Gasteiger partial charge in [-0.3, -0.25) is 14.4 Å². The average molecular weight is 363 g/mol. The second-order valence-electron chi connectivity index (χ2n) is 9.67. The molecule has 0 amide bonds. The van der Waals surface area contributed by atoms with Crippen molar-refractivity contribution in [3.63, 3.8) is 0 Å². The third-order valence-corrected chi connectivity index (χ3v) is 9.02. The molecule has 25 heavy (non-hydrogen) atoms. The van der Waals surface area contributed by atoms with Gasteiger partial charge in [-0.15, -0.1) is 0 Å². The lowest BCUT2D eigenvalue weighted by Crippen LogP contribution is -2.57. The van der Waals surface area contributed by atoms with E-state index in [1.165, 1.54) is 0 Å². The number of rotatable bonds is 2. The minimum Gasteiger partial charge on any atom is -0.300 e. The molecule has 4 rings (SSSR count). The van der Waals surface area contributed by atoms with Gasteiger partial charge in [-0.25, -0.2) is 0 Å². The van der Waals surface area contributed by atoms with Crippen molar-refractivity contribution in [1.82, 2.24) is 0 Å². The van der Waals surface area contributed by atoms with E-state index in [0.29, 0.717) is 48.6 Å². The van der Waals surface area contributed by atoms with Crippen LogP contribution in [0.15, 0.2) is 0 Å². The van der Waals surface area contributed by atoms with Crippen LogP contribution in [0.25, 0.3) is 0 Å². The normalized spacial score (nSPS) is 49.3. The molecule has 0 aliphatic heterocycles. The molecule has 3 nitrogen and oxygen atoms in total. The maximum Gasteiger partial charge on any atom is 0.146 e. The molecular formula is C21H30O3S. The van der Waals surface area contributed by atoms with Crippen molar-refractivity contribution in [2.45, 2.75) is 65.2 Å². The fourth-order valence-electron chi connectivity index (χ4n) is 7.50. The summed E-state index contributed by atoms with van der Waals surface area (Å²) >= 11 is 4.22. The van der Waals surface area contributed by atoms with Gasteiger partial charge in [-0.1, -0.05) is 13.8 Å². The first kappa shape index (κ1) is 17.8. The molecule has 4 fully saturated rings. The fourth-order valence-corrected chi connectivity index (χ4v) is 7.72. The Labute approximate surface area is 156 Å². The van der Waals surface area contributed by atoms with Crippen LogP contribution >= 0.6 is 12.6 Å². The Morgan fingerprint density at radius 3 is 2.60 bits per heavy atom. The highest BCUT2D eigenvalue weighted by molar-refractivity contribution is 7.81. The summed E-state index contributed by atoms with van der Waals surface area (Å²) < 4.78 is 0. The topological polar surface area (TPSA) is 51.2 Å². The Kier molecular flexibility index (Phi) is 4.22. The number of ketones is 3. The van der Waals surface area contributed by atoms with Crippen LogP contribution in [0, 0.1) is 40.4 Å². The molecule has 0 spiro atoms. The number of thiol groups is 1. The summed E-state index contributed by atoms with van der Waals surface area (Å²) in [5, 5.41) is 0. The molecule has 138 valence electrons.